The Kier molecular flexibility index (Phi) is 8.43. The van der Waals surface area contributed by atoms with E-state index in [2.05, 4.69) is 4.99 Å². The van der Waals surface area contributed by atoms with E-state index in [9.17, 15) is 8.78 Å². The van der Waals surface area contributed by atoms with E-state index >= 15 is 0 Å². The summed E-state index contributed by atoms with van der Waals surface area (Å²) in [5, 5.41) is 0. The Morgan fingerprint density at radius 2 is 1.75 bits per heavy atom. The van der Waals surface area contributed by atoms with Gasteiger partial charge in [0.25, 0.3) is 0 Å². The molecule has 1 aromatic carbocycles. The first-order chi connectivity index (χ1) is 8.91. The predicted molar refractivity (Wildman–Crippen MR) is 86.9 cm³/mol. The van der Waals surface area contributed by atoms with Crippen molar-refractivity contribution in [1.29, 1.82) is 0 Å². The van der Waals surface area contributed by atoms with Crippen molar-refractivity contribution in [2.45, 2.75) is 0 Å². The summed E-state index contributed by atoms with van der Waals surface area (Å²) in [6, 6.07) is 3.23. The van der Waals surface area contributed by atoms with E-state index in [1.165, 1.54) is 6.07 Å². The summed E-state index contributed by atoms with van der Waals surface area (Å²) in [4.78, 5) is 8.08. The van der Waals surface area contributed by atoms with Crippen molar-refractivity contribution in [3.8, 4) is 5.75 Å². The largest absolute Gasteiger partial charge is 0.489 e. The van der Waals surface area contributed by atoms with Crippen molar-refractivity contribution in [3.05, 3.63) is 29.8 Å². The van der Waals surface area contributed by atoms with Gasteiger partial charge >= 0.3 is 0 Å². The summed E-state index contributed by atoms with van der Waals surface area (Å²) >= 11 is 0. The number of benzene rings is 1. The van der Waals surface area contributed by atoms with Gasteiger partial charge in [-0.1, -0.05) is 0 Å². The number of aliphatic imine (C=N–C) groups is 1. The van der Waals surface area contributed by atoms with Gasteiger partial charge in [0.05, 0.1) is 6.54 Å². The lowest BCUT2D eigenvalue weighted by molar-refractivity contribution is 0.309. The number of ether oxygens (including phenoxy) is 1. The molecule has 0 heterocycles. The molecule has 0 atom stereocenters. The minimum absolute atomic E-state index is 0. The normalized spacial score (nSPS) is 9.50. The molecule has 0 saturated heterocycles. The monoisotopic (exact) mass is 399 g/mol. The van der Waals surface area contributed by atoms with Gasteiger partial charge in [0.1, 0.15) is 12.4 Å². The Balaban J connectivity index is 0.00000361. The third-order valence-corrected chi connectivity index (χ3v) is 2.30. The van der Waals surface area contributed by atoms with E-state index in [-0.39, 0.29) is 36.3 Å². The highest BCUT2D eigenvalue weighted by molar-refractivity contribution is 14.0. The van der Waals surface area contributed by atoms with E-state index < -0.39 is 11.6 Å². The zero-order chi connectivity index (χ0) is 14.4. The molecule has 0 aromatic heterocycles. The van der Waals surface area contributed by atoms with Gasteiger partial charge in [-0.15, -0.1) is 24.0 Å². The lowest BCUT2D eigenvalue weighted by atomic mass is 10.3. The Morgan fingerprint density at radius 3 is 2.25 bits per heavy atom. The molecular weight excluding hydrogens is 379 g/mol. The van der Waals surface area contributed by atoms with Gasteiger partial charge in [-0.3, -0.25) is 0 Å². The van der Waals surface area contributed by atoms with Gasteiger partial charge in [-0.2, -0.15) is 0 Å². The summed E-state index contributed by atoms with van der Waals surface area (Å²) in [6.07, 6.45) is 0. The summed E-state index contributed by atoms with van der Waals surface area (Å²) < 4.78 is 31.2. The first-order valence-corrected chi connectivity index (χ1v) is 5.88. The Bertz CT molecular complexity index is 443. The van der Waals surface area contributed by atoms with Crippen LogP contribution in [0.2, 0.25) is 0 Å². The van der Waals surface area contributed by atoms with Crippen LogP contribution in [0.4, 0.5) is 8.78 Å². The Hall–Kier alpha value is -1.12. The summed E-state index contributed by atoms with van der Waals surface area (Å²) in [6.45, 7) is 0.621. The zero-order valence-electron chi connectivity index (χ0n) is 12.1. The van der Waals surface area contributed by atoms with Gasteiger partial charge in [-0.25, -0.2) is 13.8 Å². The molecule has 1 aromatic rings. The maximum Gasteiger partial charge on any atom is 0.195 e. The van der Waals surface area contributed by atoms with E-state index in [0.29, 0.717) is 6.54 Å². The minimum atomic E-state index is -0.704. The van der Waals surface area contributed by atoms with Crippen LogP contribution in [0.25, 0.3) is 0 Å². The fourth-order valence-corrected chi connectivity index (χ4v) is 1.58. The highest BCUT2D eigenvalue weighted by Crippen LogP contribution is 2.17. The summed E-state index contributed by atoms with van der Waals surface area (Å²) in [5.74, 6) is -0.495. The van der Waals surface area contributed by atoms with Gasteiger partial charge in [-0.05, 0) is 12.1 Å². The maximum atomic E-state index is 13.3. The first-order valence-electron chi connectivity index (χ1n) is 5.88. The van der Waals surface area contributed by atoms with Crippen LogP contribution in [0.15, 0.2) is 23.2 Å². The standard InChI is InChI=1S/C13H19F2N3O.HI/c1-17(2)13(18(3)4)16-7-8-19-12-6-5-10(14)9-11(12)15;/h5-6,9H,7-8H2,1-4H3;1H. The van der Waals surface area contributed by atoms with Crippen LogP contribution in [0.1, 0.15) is 0 Å². The second kappa shape index (κ2) is 8.93. The number of rotatable bonds is 4. The van der Waals surface area contributed by atoms with Crippen LogP contribution in [-0.2, 0) is 0 Å². The molecule has 0 bridgehead atoms. The van der Waals surface area contributed by atoms with Crippen LogP contribution in [-0.4, -0.2) is 57.1 Å². The molecule has 0 radical (unpaired) electrons. The van der Waals surface area contributed by atoms with Gasteiger partial charge in [0, 0.05) is 34.3 Å². The van der Waals surface area contributed by atoms with Crippen molar-refractivity contribution in [2.24, 2.45) is 4.99 Å². The average Bonchev–Trinajstić information content (AvgIpc) is 2.30. The maximum absolute atomic E-state index is 13.3. The number of hydrogen-bond donors (Lipinski definition) is 0. The smallest absolute Gasteiger partial charge is 0.195 e. The highest BCUT2D eigenvalue weighted by atomic mass is 127. The van der Waals surface area contributed by atoms with E-state index in [4.69, 9.17) is 4.74 Å². The van der Waals surface area contributed by atoms with E-state index in [1.54, 1.807) is 0 Å². The highest BCUT2D eigenvalue weighted by Gasteiger charge is 2.05. The van der Waals surface area contributed by atoms with Crippen LogP contribution in [0.3, 0.4) is 0 Å². The topological polar surface area (TPSA) is 28.1 Å². The zero-order valence-corrected chi connectivity index (χ0v) is 14.4. The van der Waals surface area contributed by atoms with Gasteiger partial charge in [0.2, 0.25) is 0 Å². The molecule has 0 N–H and O–H groups in total. The first kappa shape index (κ1) is 18.9. The second-order valence-corrected chi connectivity index (χ2v) is 4.39. The van der Waals surface area contributed by atoms with Crippen LogP contribution < -0.4 is 4.74 Å². The molecule has 4 nitrogen and oxygen atoms in total. The van der Waals surface area contributed by atoms with Crippen molar-refractivity contribution >= 4 is 29.9 Å². The van der Waals surface area contributed by atoms with Crippen molar-refractivity contribution < 1.29 is 13.5 Å². The molecular formula is C13H20F2IN3O. The number of guanidine groups is 1. The lowest BCUT2D eigenvalue weighted by Crippen LogP contribution is -2.35. The third kappa shape index (κ3) is 5.89. The van der Waals surface area contributed by atoms with Crippen LogP contribution >= 0.6 is 24.0 Å². The SMILES string of the molecule is CN(C)C(=NCCOc1ccc(F)cc1F)N(C)C.I. The molecule has 0 spiro atoms. The molecule has 0 fully saturated rings. The molecule has 20 heavy (non-hydrogen) atoms. The number of nitrogens with zero attached hydrogens (tertiary/aromatic N) is 3. The summed E-state index contributed by atoms with van der Waals surface area (Å²) in [5.41, 5.74) is 0. The van der Waals surface area contributed by atoms with E-state index in [1.807, 2.05) is 38.0 Å². The molecule has 0 unspecified atom stereocenters. The quantitative estimate of drug-likeness (QED) is 0.337. The molecule has 0 aliphatic rings. The fourth-order valence-electron chi connectivity index (χ4n) is 1.58. The molecule has 7 heteroatoms. The molecule has 1 rings (SSSR count). The Labute approximate surface area is 135 Å². The van der Waals surface area contributed by atoms with Crippen LogP contribution in [0.5, 0.6) is 5.75 Å². The molecule has 0 saturated carbocycles. The second-order valence-electron chi connectivity index (χ2n) is 4.39. The Morgan fingerprint density at radius 1 is 1.15 bits per heavy atom. The number of hydrogen-bond acceptors (Lipinski definition) is 2. The summed E-state index contributed by atoms with van der Waals surface area (Å²) in [7, 11) is 7.55. The van der Waals surface area contributed by atoms with Crippen molar-refractivity contribution in [3.63, 3.8) is 0 Å². The molecule has 0 amide bonds. The fraction of sp³-hybridized carbons (Fsp3) is 0.462. The van der Waals surface area contributed by atoms with Gasteiger partial charge in [0.15, 0.2) is 17.5 Å². The van der Waals surface area contributed by atoms with Gasteiger partial charge < -0.3 is 14.5 Å². The van der Waals surface area contributed by atoms with Crippen molar-refractivity contribution in [1.82, 2.24) is 9.80 Å². The molecule has 114 valence electrons. The predicted octanol–water partition coefficient (Wildman–Crippen LogP) is 2.44. The molecule has 0 aliphatic heterocycles. The average molecular weight is 399 g/mol. The minimum Gasteiger partial charge on any atom is -0.489 e. The molecule has 0 aliphatic carbocycles. The third-order valence-electron chi connectivity index (χ3n) is 2.30. The van der Waals surface area contributed by atoms with Crippen LogP contribution in [0, 0.1) is 11.6 Å². The number of halogens is 3. The lowest BCUT2D eigenvalue weighted by Gasteiger charge is -2.22. The van der Waals surface area contributed by atoms with E-state index in [0.717, 1.165) is 18.1 Å². The van der Waals surface area contributed by atoms with Crippen molar-refractivity contribution in [2.75, 3.05) is 41.3 Å².